The van der Waals surface area contributed by atoms with Gasteiger partial charge in [0.2, 0.25) is 0 Å². The molecule has 54 heavy (non-hydrogen) atoms. The summed E-state index contributed by atoms with van der Waals surface area (Å²) in [6, 6.07) is 0. The fraction of sp³-hybridized carbons (Fsp3) is 0.951. The Balaban J connectivity index is 1.22. The molecule has 2 aliphatic heterocycles. The maximum Gasteiger partial charge on any atom is 0.187 e. The highest BCUT2D eigenvalue weighted by molar-refractivity contribution is 5.18. The Labute approximate surface area is 320 Å². The van der Waals surface area contributed by atoms with Crippen molar-refractivity contribution in [3.8, 4) is 0 Å². The van der Waals surface area contributed by atoms with Gasteiger partial charge in [-0.25, -0.2) is 0 Å². The van der Waals surface area contributed by atoms with Crippen molar-refractivity contribution in [2.75, 3.05) is 19.8 Å². The van der Waals surface area contributed by atoms with Crippen LogP contribution in [0.4, 0.5) is 0 Å². The van der Waals surface area contributed by atoms with E-state index in [0.29, 0.717) is 18.8 Å². The molecule has 0 amide bonds. The van der Waals surface area contributed by atoms with E-state index in [1.54, 1.807) is 0 Å². The molecule has 13 nitrogen and oxygen atoms in total. The van der Waals surface area contributed by atoms with Crippen molar-refractivity contribution in [2.24, 2.45) is 45.3 Å². The van der Waals surface area contributed by atoms with Gasteiger partial charge in [0.15, 0.2) is 12.6 Å². The zero-order valence-electron chi connectivity index (χ0n) is 33.2. The van der Waals surface area contributed by atoms with E-state index < -0.39 is 86.1 Å². The molecule has 0 aromatic rings. The molecule has 4 aliphatic carbocycles. The number of allylic oxidation sites excluding steroid dienone is 2. The lowest BCUT2D eigenvalue weighted by Crippen LogP contribution is -2.67. The number of hydrogen-bond donors (Lipinski definition) is 9. The maximum atomic E-state index is 11.5. The smallest absolute Gasteiger partial charge is 0.187 e. The third kappa shape index (κ3) is 6.96. The van der Waals surface area contributed by atoms with E-state index in [-0.39, 0.29) is 46.7 Å². The minimum Gasteiger partial charge on any atom is -0.396 e. The first kappa shape index (κ1) is 42.8. The number of fused-ring (bicyclic) bond motifs is 5. The third-order valence-electron chi connectivity index (χ3n) is 16.2. The van der Waals surface area contributed by atoms with Crippen LogP contribution in [0.15, 0.2) is 11.6 Å². The van der Waals surface area contributed by atoms with Crippen LogP contribution in [0.2, 0.25) is 0 Å². The molecular weight excluding hydrogens is 700 g/mol. The molecule has 6 aliphatic rings. The van der Waals surface area contributed by atoms with Crippen molar-refractivity contribution in [1.82, 2.24) is 0 Å². The Morgan fingerprint density at radius 3 is 1.96 bits per heavy atom. The van der Waals surface area contributed by atoms with Crippen molar-refractivity contribution in [3.63, 3.8) is 0 Å². The van der Waals surface area contributed by atoms with Crippen molar-refractivity contribution in [2.45, 2.75) is 179 Å². The topological polar surface area (TPSA) is 219 Å². The van der Waals surface area contributed by atoms with Gasteiger partial charge in [0.1, 0.15) is 48.8 Å². The quantitative estimate of drug-likeness (QED) is 0.108. The number of ether oxygens (including phenoxy) is 4. The molecule has 0 aromatic heterocycles. The predicted molar refractivity (Wildman–Crippen MR) is 196 cm³/mol. The molecule has 9 unspecified atom stereocenters. The Hall–Kier alpha value is -0.780. The second-order valence-electron chi connectivity index (χ2n) is 19.2. The first-order valence-corrected chi connectivity index (χ1v) is 20.6. The van der Waals surface area contributed by atoms with Gasteiger partial charge in [0, 0.05) is 12.0 Å². The molecule has 19 atom stereocenters. The van der Waals surface area contributed by atoms with Crippen LogP contribution in [0, 0.1) is 45.3 Å². The van der Waals surface area contributed by atoms with Crippen LogP contribution in [-0.4, -0.2) is 139 Å². The van der Waals surface area contributed by atoms with E-state index in [0.717, 1.165) is 51.4 Å². The number of rotatable bonds is 11. The molecule has 4 saturated carbocycles. The van der Waals surface area contributed by atoms with Crippen LogP contribution in [-0.2, 0) is 18.9 Å². The maximum absolute atomic E-state index is 11.5. The van der Waals surface area contributed by atoms with Gasteiger partial charge >= 0.3 is 0 Å². The van der Waals surface area contributed by atoms with E-state index in [9.17, 15) is 46.0 Å². The Kier molecular flexibility index (Phi) is 12.8. The van der Waals surface area contributed by atoms with E-state index in [1.807, 2.05) is 0 Å². The molecule has 0 bridgehead atoms. The van der Waals surface area contributed by atoms with E-state index in [2.05, 4.69) is 47.6 Å². The second kappa shape index (κ2) is 16.1. The second-order valence-corrected chi connectivity index (χ2v) is 19.2. The summed E-state index contributed by atoms with van der Waals surface area (Å²) >= 11 is 0. The lowest BCUT2D eigenvalue weighted by atomic mass is 9.35. The molecule has 6 rings (SSSR count). The van der Waals surface area contributed by atoms with Crippen LogP contribution in [0.5, 0.6) is 0 Å². The Bertz CT molecular complexity index is 1310. The van der Waals surface area contributed by atoms with E-state index >= 15 is 0 Å². The zero-order valence-corrected chi connectivity index (χ0v) is 33.2. The predicted octanol–water partition coefficient (Wildman–Crippen LogP) is 1.76. The highest BCUT2D eigenvalue weighted by Gasteiger charge is 2.70. The normalized spacial score (nSPS) is 50.8. The van der Waals surface area contributed by atoms with Crippen LogP contribution in [0.1, 0.15) is 106 Å². The van der Waals surface area contributed by atoms with Gasteiger partial charge in [-0.15, -0.1) is 0 Å². The molecule has 2 saturated heterocycles. The lowest BCUT2D eigenvalue weighted by Gasteiger charge is -2.70. The number of aliphatic hydroxyl groups excluding tert-OH is 9. The van der Waals surface area contributed by atoms with Gasteiger partial charge in [-0.1, -0.05) is 39.3 Å². The fourth-order valence-corrected chi connectivity index (χ4v) is 13.0. The highest BCUT2D eigenvalue weighted by atomic mass is 16.8. The van der Waals surface area contributed by atoms with Crippen molar-refractivity contribution < 1.29 is 64.9 Å². The number of aliphatic hydroxyl groups is 9. The highest BCUT2D eigenvalue weighted by Crippen LogP contribution is 2.75. The summed E-state index contributed by atoms with van der Waals surface area (Å²) < 4.78 is 24.3. The summed E-state index contributed by atoms with van der Waals surface area (Å²) in [5.41, 5.74) is 0.459. The molecule has 0 aromatic carbocycles. The molecule has 0 radical (unpaired) electrons. The molecule has 6 fully saturated rings. The standard InChI is InChI=1S/C41H70O13/c1-21(2)8-7-9-24(45)22-12-15-39(5)23(22)10-11-28-40(39,6)16-13-27-38(3,4)29(14-17-41(27,28)20-44)53-37-35(33(49)31(47)26(19-43)52-37)54-36-34(50)32(48)30(46)25(18-42)51-36/h8,22-37,42-50H,7,9-20H2,1-6H3/t22?,23?,24?,25-,26-,27?,28?,29?,30-,31-,32+,33+,34-,35-,36+,37+,39?,40?,41?/m1/s1. The summed E-state index contributed by atoms with van der Waals surface area (Å²) in [5.74, 6) is 1.08. The van der Waals surface area contributed by atoms with E-state index in [1.165, 1.54) is 5.57 Å². The van der Waals surface area contributed by atoms with Gasteiger partial charge in [-0.05, 0) is 118 Å². The molecule has 312 valence electrons. The SMILES string of the molecule is CC(C)=CCCC(O)C1CCC2(C)C1CCC1C3(CO)CCC(O[C@@H]4O[C@H](CO)[C@@H](O)[C@H](O)[C@H]4O[C@@H]4O[C@H](CO)[C@@H](O)[C@H](O)[C@H]4O)C(C)(C)C3CCC12C. The van der Waals surface area contributed by atoms with Crippen LogP contribution in [0.25, 0.3) is 0 Å². The van der Waals surface area contributed by atoms with Crippen LogP contribution < -0.4 is 0 Å². The molecule has 9 N–H and O–H groups in total. The van der Waals surface area contributed by atoms with Crippen LogP contribution >= 0.6 is 0 Å². The average molecular weight is 771 g/mol. The monoisotopic (exact) mass is 770 g/mol. The van der Waals surface area contributed by atoms with Crippen molar-refractivity contribution >= 4 is 0 Å². The van der Waals surface area contributed by atoms with Gasteiger partial charge in [-0.3, -0.25) is 0 Å². The van der Waals surface area contributed by atoms with Gasteiger partial charge in [-0.2, -0.15) is 0 Å². The van der Waals surface area contributed by atoms with Crippen molar-refractivity contribution in [1.29, 1.82) is 0 Å². The summed E-state index contributed by atoms with van der Waals surface area (Å²) in [6.45, 7) is 12.2. The minimum absolute atomic E-state index is 0.0152. The largest absolute Gasteiger partial charge is 0.396 e. The Morgan fingerprint density at radius 2 is 1.33 bits per heavy atom. The molecule has 2 heterocycles. The first-order chi connectivity index (χ1) is 25.4. The van der Waals surface area contributed by atoms with Gasteiger partial charge in [0.05, 0.1) is 25.4 Å². The summed E-state index contributed by atoms with van der Waals surface area (Å²) in [4.78, 5) is 0. The van der Waals surface area contributed by atoms with Gasteiger partial charge in [0.25, 0.3) is 0 Å². The third-order valence-corrected chi connectivity index (χ3v) is 16.2. The first-order valence-electron chi connectivity index (χ1n) is 20.6. The molecule has 0 spiro atoms. The zero-order chi connectivity index (χ0) is 39.5. The van der Waals surface area contributed by atoms with E-state index in [4.69, 9.17) is 18.9 Å². The fourth-order valence-electron chi connectivity index (χ4n) is 13.0. The average Bonchev–Trinajstić information content (AvgIpc) is 3.49. The lowest BCUT2D eigenvalue weighted by molar-refractivity contribution is -0.379. The molecule has 13 heteroatoms. The number of hydrogen-bond acceptors (Lipinski definition) is 13. The molecular formula is C41H70O13. The summed E-state index contributed by atoms with van der Waals surface area (Å²) in [7, 11) is 0. The minimum atomic E-state index is -1.76. The van der Waals surface area contributed by atoms with Gasteiger partial charge < -0.3 is 64.9 Å². The summed E-state index contributed by atoms with van der Waals surface area (Å²) in [5, 5.41) is 96.2. The summed E-state index contributed by atoms with van der Waals surface area (Å²) in [6.07, 6.45) is -4.74. The Morgan fingerprint density at radius 1 is 0.704 bits per heavy atom. The van der Waals surface area contributed by atoms with Crippen LogP contribution in [0.3, 0.4) is 0 Å². The van der Waals surface area contributed by atoms with Crippen molar-refractivity contribution in [3.05, 3.63) is 11.6 Å².